The SMILES string of the molecule is O=C(Nc1ccc(OC(F)(F)F)cc1)c1cc(-c2ccc(F)cc2)no1. The van der Waals surface area contributed by atoms with Crippen molar-refractivity contribution in [3.8, 4) is 17.0 Å². The van der Waals surface area contributed by atoms with E-state index < -0.39 is 23.8 Å². The largest absolute Gasteiger partial charge is 0.573 e. The zero-order valence-electron chi connectivity index (χ0n) is 12.9. The van der Waals surface area contributed by atoms with Crippen LogP contribution in [-0.2, 0) is 0 Å². The van der Waals surface area contributed by atoms with Gasteiger partial charge in [-0.1, -0.05) is 5.16 Å². The lowest BCUT2D eigenvalue weighted by atomic mass is 10.1. The molecule has 0 atom stereocenters. The van der Waals surface area contributed by atoms with Crippen LogP contribution >= 0.6 is 0 Å². The first-order valence-corrected chi connectivity index (χ1v) is 7.20. The highest BCUT2D eigenvalue weighted by Crippen LogP contribution is 2.24. The molecule has 0 unspecified atom stereocenters. The zero-order chi connectivity index (χ0) is 18.7. The molecular weight excluding hydrogens is 356 g/mol. The number of carbonyl (C=O) groups is 1. The maximum absolute atomic E-state index is 12.9. The van der Waals surface area contributed by atoms with Gasteiger partial charge in [-0.05, 0) is 48.5 Å². The molecule has 1 N–H and O–H groups in total. The molecule has 3 rings (SSSR count). The molecule has 26 heavy (non-hydrogen) atoms. The highest BCUT2D eigenvalue weighted by Gasteiger charge is 2.31. The van der Waals surface area contributed by atoms with Crippen molar-refractivity contribution < 1.29 is 31.6 Å². The van der Waals surface area contributed by atoms with Crippen LogP contribution < -0.4 is 10.1 Å². The quantitative estimate of drug-likeness (QED) is 0.684. The summed E-state index contributed by atoms with van der Waals surface area (Å²) in [4.78, 5) is 12.1. The number of amides is 1. The van der Waals surface area contributed by atoms with E-state index in [2.05, 4.69) is 15.2 Å². The first-order valence-electron chi connectivity index (χ1n) is 7.20. The van der Waals surface area contributed by atoms with Crippen molar-refractivity contribution in [1.82, 2.24) is 5.16 Å². The van der Waals surface area contributed by atoms with Crippen molar-refractivity contribution in [2.45, 2.75) is 6.36 Å². The summed E-state index contributed by atoms with van der Waals surface area (Å²) in [7, 11) is 0. The molecule has 2 aromatic carbocycles. The fraction of sp³-hybridized carbons (Fsp3) is 0.0588. The van der Waals surface area contributed by atoms with Crippen molar-refractivity contribution >= 4 is 11.6 Å². The predicted octanol–water partition coefficient (Wildman–Crippen LogP) is 4.63. The molecule has 9 heteroatoms. The summed E-state index contributed by atoms with van der Waals surface area (Å²) < 4.78 is 57.9. The highest BCUT2D eigenvalue weighted by molar-refractivity contribution is 6.02. The third kappa shape index (κ3) is 4.38. The van der Waals surface area contributed by atoms with E-state index in [1.807, 2.05) is 0 Å². The van der Waals surface area contributed by atoms with E-state index in [-0.39, 0.29) is 11.4 Å². The third-order valence-corrected chi connectivity index (χ3v) is 3.22. The average Bonchev–Trinajstić information content (AvgIpc) is 3.06. The standard InChI is InChI=1S/C17H10F4N2O3/c18-11-3-1-10(2-4-11)14-9-15(26-23-14)16(24)22-12-5-7-13(8-6-12)25-17(19,20)21/h1-9H,(H,22,24). The van der Waals surface area contributed by atoms with Crippen LogP contribution in [0.15, 0.2) is 59.1 Å². The Hall–Kier alpha value is -3.36. The van der Waals surface area contributed by atoms with Crippen molar-refractivity contribution in [3.63, 3.8) is 0 Å². The van der Waals surface area contributed by atoms with Crippen molar-refractivity contribution in [2.24, 2.45) is 0 Å². The summed E-state index contributed by atoms with van der Waals surface area (Å²) in [5.41, 5.74) is 1.14. The van der Waals surface area contributed by atoms with Gasteiger partial charge in [-0.25, -0.2) is 4.39 Å². The molecule has 1 amide bonds. The van der Waals surface area contributed by atoms with Crippen LogP contribution in [0.3, 0.4) is 0 Å². The Bertz CT molecular complexity index is 903. The predicted molar refractivity (Wildman–Crippen MR) is 83.0 cm³/mol. The van der Waals surface area contributed by atoms with Crippen LogP contribution in [0.1, 0.15) is 10.6 Å². The van der Waals surface area contributed by atoms with Gasteiger partial charge in [-0.3, -0.25) is 4.79 Å². The van der Waals surface area contributed by atoms with Crippen LogP contribution in [-0.4, -0.2) is 17.4 Å². The molecule has 0 aliphatic carbocycles. The van der Waals surface area contributed by atoms with E-state index in [4.69, 9.17) is 4.52 Å². The summed E-state index contributed by atoms with van der Waals surface area (Å²) >= 11 is 0. The molecule has 0 aliphatic heterocycles. The molecule has 134 valence electrons. The molecule has 1 aromatic heterocycles. The van der Waals surface area contributed by atoms with Gasteiger partial charge in [0, 0.05) is 17.3 Å². The lowest BCUT2D eigenvalue weighted by Gasteiger charge is -2.09. The third-order valence-electron chi connectivity index (χ3n) is 3.22. The lowest BCUT2D eigenvalue weighted by Crippen LogP contribution is -2.17. The highest BCUT2D eigenvalue weighted by atomic mass is 19.4. The van der Waals surface area contributed by atoms with E-state index in [9.17, 15) is 22.4 Å². The van der Waals surface area contributed by atoms with Gasteiger partial charge < -0.3 is 14.6 Å². The van der Waals surface area contributed by atoms with E-state index in [0.717, 1.165) is 12.1 Å². The minimum absolute atomic E-state index is 0.111. The molecule has 0 bridgehead atoms. The van der Waals surface area contributed by atoms with Crippen molar-refractivity contribution in [3.05, 3.63) is 66.2 Å². The Morgan fingerprint density at radius 3 is 2.31 bits per heavy atom. The normalized spacial score (nSPS) is 11.2. The van der Waals surface area contributed by atoms with E-state index in [0.29, 0.717) is 11.3 Å². The topological polar surface area (TPSA) is 64.4 Å². The molecule has 0 radical (unpaired) electrons. The number of nitrogens with zero attached hydrogens (tertiary/aromatic N) is 1. The number of aromatic nitrogens is 1. The first kappa shape index (κ1) is 17.5. The van der Waals surface area contributed by atoms with Gasteiger partial charge in [0.1, 0.15) is 17.3 Å². The van der Waals surface area contributed by atoms with Gasteiger partial charge in [0.15, 0.2) is 0 Å². The number of carbonyl (C=O) groups excluding carboxylic acids is 1. The fourth-order valence-corrected chi connectivity index (χ4v) is 2.07. The molecule has 0 spiro atoms. The molecule has 0 aliphatic rings. The van der Waals surface area contributed by atoms with Gasteiger partial charge >= 0.3 is 6.36 Å². The Morgan fingerprint density at radius 2 is 1.69 bits per heavy atom. The maximum atomic E-state index is 12.9. The van der Waals surface area contributed by atoms with Gasteiger partial charge in [0.2, 0.25) is 5.76 Å². The number of halogens is 4. The monoisotopic (exact) mass is 366 g/mol. The van der Waals surface area contributed by atoms with Crippen LogP contribution in [0.5, 0.6) is 5.75 Å². The molecule has 1 heterocycles. The second-order valence-electron chi connectivity index (χ2n) is 5.11. The van der Waals surface area contributed by atoms with Gasteiger partial charge in [-0.2, -0.15) is 0 Å². The smallest absolute Gasteiger partial charge is 0.406 e. The van der Waals surface area contributed by atoms with Gasteiger partial charge in [0.25, 0.3) is 5.91 Å². The Labute approximate surface area is 144 Å². The Morgan fingerprint density at radius 1 is 1.04 bits per heavy atom. The van der Waals surface area contributed by atoms with Crippen LogP contribution in [0.2, 0.25) is 0 Å². The summed E-state index contributed by atoms with van der Waals surface area (Å²) in [6.07, 6.45) is -4.79. The molecular formula is C17H10F4N2O3. The van der Waals surface area contributed by atoms with E-state index >= 15 is 0 Å². The van der Waals surface area contributed by atoms with Gasteiger partial charge in [-0.15, -0.1) is 13.2 Å². The second kappa shape index (κ2) is 6.87. The number of benzene rings is 2. The molecule has 5 nitrogen and oxygen atoms in total. The van der Waals surface area contributed by atoms with Crippen LogP contribution in [0.25, 0.3) is 11.3 Å². The molecule has 0 saturated heterocycles. The fourth-order valence-electron chi connectivity index (χ4n) is 2.07. The number of anilines is 1. The summed E-state index contributed by atoms with van der Waals surface area (Å²) in [6, 6.07) is 11.4. The first-order chi connectivity index (χ1) is 12.3. The van der Waals surface area contributed by atoms with Crippen LogP contribution in [0, 0.1) is 5.82 Å². The number of hydrogen-bond donors (Lipinski definition) is 1. The molecule has 3 aromatic rings. The van der Waals surface area contributed by atoms with E-state index in [1.54, 1.807) is 0 Å². The van der Waals surface area contributed by atoms with E-state index in [1.165, 1.54) is 42.5 Å². The number of hydrogen-bond acceptors (Lipinski definition) is 4. The number of nitrogens with one attached hydrogen (secondary N) is 1. The van der Waals surface area contributed by atoms with Crippen molar-refractivity contribution in [1.29, 1.82) is 0 Å². The minimum Gasteiger partial charge on any atom is -0.406 e. The second-order valence-corrected chi connectivity index (χ2v) is 5.11. The summed E-state index contributed by atoms with van der Waals surface area (Å²) in [5.74, 6) is -1.57. The summed E-state index contributed by atoms with van der Waals surface area (Å²) in [5, 5.41) is 6.18. The Balaban J connectivity index is 1.68. The average molecular weight is 366 g/mol. The minimum atomic E-state index is -4.79. The Kier molecular flexibility index (Phi) is 4.61. The summed E-state index contributed by atoms with van der Waals surface area (Å²) in [6.45, 7) is 0. The molecule has 0 saturated carbocycles. The maximum Gasteiger partial charge on any atom is 0.573 e. The molecule has 0 fully saturated rings. The number of alkyl halides is 3. The zero-order valence-corrected chi connectivity index (χ0v) is 12.9. The van der Waals surface area contributed by atoms with Gasteiger partial charge in [0.05, 0.1) is 0 Å². The number of ether oxygens (including phenoxy) is 1. The lowest BCUT2D eigenvalue weighted by molar-refractivity contribution is -0.274. The number of rotatable bonds is 4. The van der Waals surface area contributed by atoms with Crippen molar-refractivity contribution in [2.75, 3.05) is 5.32 Å². The van der Waals surface area contributed by atoms with Crippen LogP contribution in [0.4, 0.5) is 23.2 Å².